The van der Waals surface area contributed by atoms with Crippen LogP contribution in [-0.4, -0.2) is 61.4 Å². The van der Waals surface area contributed by atoms with Crippen LogP contribution in [0.1, 0.15) is 46.5 Å². The molecule has 198 valence electrons. The minimum Gasteiger partial charge on any atom is -0.467 e. The highest BCUT2D eigenvalue weighted by Crippen LogP contribution is 2.30. The molecule has 1 N–H and O–H groups in total. The van der Waals surface area contributed by atoms with Crippen LogP contribution in [0.2, 0.25) is 0 Å². The number of nitrogens with zero attached hydrogens (tertiary/aromatic N) is 2. The van der Waals surface area contributed by atoms with E-state index < -0.39 is 29.6 Å². The van der Waals surface area contributed by atoms with E-state index in [-0.39, 0.29) is 18.7 Å². The molecular formula is C29H37N3O5. The number of ether oxygens (including phenoxy) is 2. The van der Waals surface area contributed by atoms with Crippen LogP contribution in [0.15, 0.2) is 54.6 Å². The molecule has 8 heteroatoms. The monoisotopic (exact) mass is 507 g/mol. The van der Waals surface area contributed by atoms with Crippen molar-refractivity contribution in [3.8, 4) is 11.1 Å². The van der Waals surface area contributed by atoms with Crippen molar-refractivity contribution in [1.82, 2.24) is 10.2 Å². The Bertz CT molecular complexity index is 1110. The van der Waals surface area contributed by atoms with E-state index in [1.807, 2.05) is 74.2 Å². The molecule has 0 spiro atoms. The molecule has 2 amide bonds. The van der Waals surface area contributed by atoms with Gasteiger partial charge in [0.1, 0.15) is 18.2 Å². The van der Waals surface area contributed by atoms with Gasteiger partial charge in [-0.1, -0.05) is 63.2 Å². The van der Waals surface area contributed by atoms with Crippen LogP contribution in [0.25, 0.3) is 11.1 Å². The van der Waals surface area contributed by atoms with E-state index in [9.17, 15) is 14.4 Å². The van der Waals surface area contributed by atoms with Crippen molar-refractivity contribution in [3.05, 3.63) is 54.6 Å². The third-order valence-corrected chi connectivity index (χ3v) is 7.12. The van der Waals surface area contributed by atoms with Gasteiger partial charge >= 0.3 is 12.1 Å². The van der Waals surface area contributed by atoms with Crippen LogP contribution in [0.5, 0.6) is 0 Å². The predicted octanol–water partition coefficient (Wildman–Crippen LogP) is 4.58. The quantitative estimate of drug-likeness (QED) is 0.576. The van der Waals surface area contributed by atoms with Crippen molar-refractivity contribution < 1.29 is 23.9 Å². The van der Waals surface area contributed by atoms with E-state index in [1.165, 1.54) is 12.0 Å². The number of esters is 1. The summed E-state index contributed by atoms with van der Waals surface area (Å²) in [6, 6.07) is 16.4. The van der Waals surface area contributed by atoms with E-state index in [4.69, 9.17) is 9.47 Å². The lowest BCUT2D eigenvalue weighted by Crippen LogP contribution is -2.57. The zero-order valence-electron chi connectivity index (χ0n) is 22.1. The molecule has 1 saturated heterocycles. The molecule has 2 aliphatic rings. The van der Waals surface area contributed by atoms with Gasteiger partial charge in [0.05, 0.1) is 20.3 Å². The van der Waals surface area contributed by atoms with Crippen molar-refractivity contribution in [2.45, 2.75) is 64.6 Å². The lowest BCUT2D eigenvalue weighted by Gasteiger charge is -2.34. The molecule has 1 unspecified atom stereocenters. The third kappa shape index (κ3) is 6.24. The van der Waals surface area contributed by atoms with Gasteiger partial charge in [-0.05, 0) is 54.4 Å². The van der Waals surface area contributed by atoms with Crippen molar-refractivity contribution in [3.63, 3.8) is 0 Å². The molecule has 2 aromatic carbocycles. The van der Waals surface area contributed by atoms with E-state index >= 15 is 0 Å². The van der Waals surface area contributed by atoms with Crippen LogP contribution >= 0.6 is 0 Å². The first-order valence-electron chi connectivity index (χ1n) is 12.9. The molecule has 8 nitrogen and oxygen atoms in total. The second-order valence-corrected chi connectivity index (χ2v) is 10.9. The Morgan fingerprint density at radius 3 is 2.30 bits per heavy atom. The van der Waals surface area contributed by atoms with E-state index in [1.54, 1.807) is 0 Å². The number of amides is 2. The maximum absolute atomic E-state index is 13.9. The number of carbonyl (C=O) groups is 3. The number of benzene rings is 2. The maximum atomic E-state index is 13.9. The molecule has 4 rings (SSSR count). The van der Waals surface area contributed by atoms with Crippen LogP contribution in [0.4, 0.5) is 10.5 Å². The van der Waals surface area contributed by atoms with Gasteiger partial charge in [0, 0.05) is 5.69 Å². The molecule has 1 aliphatic carbocycles. The van der Waals surface area contributed by atoms with Gasteiger partial charge in [-0.3, -0.25) is 4.79 Å². The van der Waals surface area contributed by atoms with Crippen LogP contribution in [-0.2, 0) is 19.1 Å². The lowest BCUT2D eigenvalue weighted by atomic mass is 9.85. The maximum Gasteiger partial charge on any atom is 0.408 e. The smallest absolute Gasteiger partial charge is 0.408 e. The van der Waals surface area contributed by atoms with Gasteiger partial charge in [-0.15, -0.1) is 0 Å². The number of nitrogens with one attached hydrogen (secondary N) is 1. The molecule has 2 fully saturated rings. The molecule has 0 aromatic heterocycles. The first-order chi connectivity index (χ1) is 17.7. The number of anilines is 1. The second-order valence-electron chi connectivity index (χ2n) is 10.9. The fourth-order valence-corrected chi connectivity index (χ4v) is 5.03. The zero-order chi connectivity index (χ0) is 26.6. The number of rotatable bonds is 6. The first-order valence-corrected chi connectivity index (χ1v) is 12.9. The normalized spacial score (nSPS) is 19.0. The summed E-state index contributed by atoms with van der Waals surface area (Å²) in [5.74, 6) is -0.829. The van der Waals surface area contributed by atoms with Crippen molar-refractivity contribution in [2.75, 3.05) is 25.2 Å². The third-order valence-electron chi connectivity index (χ3n) is 7.12. The van der Waals surface area contributed by atoms with Crippen molar-refractivity contribution in [1.29, 1.82) is 0 Å². The molecule has 0 bridgehead atoms. The fourth-order valence-electron chi connectivity index (χ4n) is 5.03. The Balaban J connectivity index is 1.56. The van der Waals surface area contributed by atoms with Crippen molar-refractivity contribution in [2.24, 2.45) is 5.41 Å². The summed E-state index contributed by atoms with van der Waals surface area (Å²) >= 11 is 0. The SMILES string of the molecule is COC(=O)[C@@H]1CN(c2cccc(-c3ccccc3)c2)CN1C(=O)C(NC(=O)OC1CCCC1)C(C)(C)C. The van der Waals surface area contributed by atoms with E-state index in [2.05, 4.69) is 11.4 Å². The standard InChI is InChI=1S/C29H37N3O5/c1-29(2,3)25(30-28(35)37-23-15-8-9-16-23)26(33)32-19-31(18-24(32)27(34)36-4)22-14-10-13-21(17-22)20-11-6-5-7-12-20/h5-7,10-14,17,23-25H,8-9,15-16,18-19H2,1-4H3,(H,30,35)/t24-,25?/m0/s1. The van der Waals surface area contributed by atoms with Crippen LogP contribution < -0.4 is 10.2 Å². The van der Waals surface area contributed by atoms with Crippen LogP contribution in [0, 0.1) is 5.41 Å². The summed E-state index contributed by atoms with van der Waals surface area (Å²) in [6.45, 7) is 6.14. The van der Waals surface area contributed by atoms with Gasteiger partial charge < -0.3 is 24.6 Å². The van der Waals surface area contributed by atoms with Gasteiger partial charge in [-0.25, -0.2) is 9.59 Å². The lowest BCUT2D eigenvalue weighted by molar-refractivity contribution is -0.152. The Morgan fingerprint density at radius 2 is 1.65 bits per heavy atom. The Hall–Kier alpha value is -3.55. The number of alkyl carbamates (subject to hydrolysis) is 1. The Kier molecular flexibility index (Phi) is 8.05. The highest BCUT2D eigenvalue weighted by Gasteiger charge is 2.45. The van der Waals surface area contributed by atoms with E-state index in [0.29, 0.717) is 6.54 Å². The number of hydrogen-bond donors (Lipinski definition) is 1. The predicted molar refractivity (Wildman–Crippen MR) is 142 cm³/mol. The summed E-state index contributed by atoms with van der Waals surface area (Å²) in [5, 5.41) is 2.80. The number of carbonyl (C=O) groups excluding carboxylic acids is 3. The van der Waals surface area contributed by atoms with Gasteiger partial charge in [0.2, 0.25) is 5.91 Å². The molecule has 2 atom stereocenters. The Morgan fingerprint density at radius 1 is 0.973 bits per heavy atom. The minimum atomic E-state index is -0.871. The summed E-state index contributed by atoms with van der Waals surface area (Å²) in [4.78, 5) is 42.8. The summed E-state index contributed by atoms with van der Waals surface area (Å²) in [7, 11) is 1.32. The fraction of sp³-hybridized carbons (Fsp3) is 0.483. The molecule has 1 saturated carbocycles. The first kappa shape index (κ1) is 26.5. The number of methoxy groups -OCH3 is 1. The van der Waals surface area contributed by atoms with Crippen molar-refractivity contribution >= 4 is 23.7 Å². The molecule has 2 aromatic rings. The van der Waals surface area contributed by atoms with Gasteiger partial charge in [0.15, 0.2) is 0 Å². The zero-order valence-corrected chi connectivity index (χ0v) is 22.1. The highest BCUT2D eigenvalue weighted by atomic mass is 16.6. The topological polar surface area (TPSA) is 88.2 Å². The molecular weight excluding hydrogens is 470 g/mol. The van der Waals surface area contributed by atoms with Gasteiger partial charge in [0.25, 0.3) is 0 Å². The van der Waals surface area contributed by atoms with E-state index in [0.717, 1.165) is 42.5 Å². The average molecular weight is 508 g/mol. The largest absolute Gasteiger partial charge is 0.467 e. The molecule has 0 radical (unpaired) electrons. The highest BCUT2D eigenvalue weighted by molar-refractivity contribution is 5.91. The summed E-state index contributed by atoms with van der Waals surface area (Å²) in [5.41, 5.74) is 2.42. The second kappa shape index (κ2) is 11.2. The molecule has 1 aliphatic heterocycles. The average Bonchev–Trinajstić information content (AvgIpc) is 3.57. The van der Waals surface area contributed by atoms with Crippen LogP contribution in [0.3, 0.4) is 0 Å². The Labute approximate surface area is 218 Å². The van der Waals surface area contributed by atoms with Gasteiger partial charge in [-0.2, -0.15) is 0 Å². The summed E-state index contributed by atoms with van der Waals surface area (Å²) in [6.07, 6.45) is 3.05. The molecule has 37 heavy (non-hydrogen) atoms. The summed E-state index contributed by atoms with van der Waals surface area (Å²) < 4.78 is 10.6. The minimum absolute atomic E-state index is 0.113. The molecule has 1 heterocycles. The number of hydrogen-bond acceptors (Lipinski definition) is 6.